The topological polar surface area (TPSA) is 85.1 Å². The summed E-state index contributed by atoms with van der Waals surface area (Å²) >= 11 is 0. The monoisotopic (exact) mass is 329 g/mol. The number of hydrogen-bond acceptors (Lipinski definition) is 6. The van der Waals surface area contributed by atoms with Gasteiger partial charge in [-0.3, -0.25) is 4.68 Å². The second-order valence-corrected chi connectivity index (χ2v) is 5.12. The van der Waals surface area contributed by atoms with E-state index >= 15 is 0 Å². The molecule has 2 heterocycles. The van der Waals surface area contributed by atoms with Gasteiger partial charge < -0.3 is 15.2 Å². The molecule has 0 radical (unpaired) electrons. The molecule has 24 heavy (non-hydrogen) atoms. The molecule has 7 nitrogen and oxygen atoms in total. The van der Waals surface area contributed by atoms with Gasteiger partial charge in [-0.1, -0.05) is 6.07 Å². The number of rotatable bonds is 5. The van der Waals surface area contributed by atoms with Crippen molar-refractivity contribution in [1.82, 2.24) is 19.7 Å². The maximum atomic E-state index is 14.3. The highest BCUT2D eigenvalue weighted by molar-refractivity contribution is 5.62. The number of methoxy groups -OCH3 is 1. The van der Waals surface area contributed by atoms with E-state index in [2.05, 4.69) is 20.4 Å². The van der Waals surface area contributed by atoms with Crippen molar-refractivity contribution in [3.05, 3.63) is 54.2 Å². The third-order valence-electron chi connectivity index (χ3n) is 3.39. The molecule has 2 aromatic heterocycles. The summed E-state index contributed by atoms with van der Waals surface area (Å²) in [6.45, 7) is 0. The molecule has 3 aromatic rings. The van der Waals surface area contributed by atoms with Crippen LogP contribution in [0.5, 0.6) is 0 Å². The van der Waals surface area contributed by atoms with Gasteiger partial charge >= 0.3 is 0 Å². The Balaban J connectivity index is 1.88. The Kier molecular flexibility index (Phi) is 4.50. The van der Waals surface area contributed by atoms with Crippen LogP contribution in [0.1, 0.15) is 11.9 Å². The number of nitrogens with one attached hydrogen (secondary N) is 1. The van der Waals surface area contributed by atoms with Gasteiger partial charge in [-0.05, 0) is 18.2 Å². The highest BCUT2D eigenvalue weighted by Gasteiger charge is 2.12. The van der Waals surface area contributed by atoms with Crippen LogP contribution in [0.2, 0.25) is 0 Å². The van der Waals surface area contributed by atoms with Gasteiger partial charge in [-0.25, -0.2) is 14.4 Å². The predicted molar refractivity (Wildman–Crippen MR) is 85.9 cm³/mol. The quantitative estimate of drug-likeness (QED) is 0.699. The average molecular weight is 329 g/mol. The van der Waals surface area contributed by atoms with Gasteiger partial charge in [0.25, 0.3) is 0 Å². The third-order valence-corrected chi connectivity index (χ3v) is 3.39. The first-order valence-electron chi connectivity index (χ1n) is 7.16. The van der Waals surface area contributed by atoms with Crippen LogP contribution in [-0.4, -0.2) is 32.0 Å². The fourth-order valence-corrected chi connectivity index (χ4v) is 2.21. The van der Waals surface area contributed by atoms with Crippen molar-refractivity contribution in [1.29, 1.82) is 0 Å². The van der Waals surface area contributed by atoms with Crippen molar-refractivity contribution >= 4 is 11.6 Å². The Hall–Kier alpha value is -2.84. The first-order valence-corrected chi connectivity index (χ1v) is 7.16. The lowest BCUT2D eigenvalue weighted by atomic mass is 10.1. The van der Waals surface area contributed by atoms with Gasteiger partial charge in [0, 0.05) is 37.7 Å². The minimum absolute atomic E-state index is 0.304. The summed E-state index contributed by atoms with van der Waals surface area (Å²) in [4.78, 5) is 8.43. The van der Waals surface area contributed by atoms with Crippen LogP contribution in [-0.2, 0) is 11.8 Å². The number of aromatic nitrogens is 4. The molecule has 1 unspecified atom stereocenters. The number of halogens is 1. The molecule has 1 atom stereocenters. The van der Waals surface area contributed by atoms with Gasteiger partial charge in [0.1, 0.15) is 5.82 Å². The summed E-state index contributed by atoms with van der Waals surface area (Å²) < 4.78 is 20.7. The smallest absolute Gasteiger partial charge is 0.227 e. The number of benzene rings is 1. The fourth-order valence-electron chi connectivity index (χ4n) is 2.21. The Morgan fingerprint density at radius 2 is 2.17 bits per heavy atom. The fraction of sp³-hybridized carbons (Fsp3) is 0.188. The van der Waals surface area contributed by atoms with Crippen LogP contribution >= 0.6 is 0 Å². The van der Waals surface area contributed by atoms with Gasteiger partial charge in [0.05, 0.1) is 17.6 Å². The molecule has 0 amide bonds. The first kappa shape index (κ1) is 16.0. The molecule has 0 bridgehead atoms. The molecule has 0 fully saturated rings. The van der Waals surface area contributed by atoms with Crippen molar-refractivity contribution in [2.24, 2.45) is 7.05 Å². The normalized spacial score (nSPS) is 12.2. The van der Waals surface area contributed by atoms with Crippen molar-refractivity contribution < 1.29 is 14.2 Å². The lowest BCUT2D eigenvalue weighted by Crippen LogP contribution is -2.01. The standard InChI is InChI=1S/C16H16FN5O2/c1-22-9-11(8-19-22)20-16-18-6-5-14(21-16)12-4-3-10(7-13(12)17)15(23)24-2/h3-9,15,23H,1-2H3,(H,18,20,21). The van der Waals surface area contributed by atoms with Crippen LogP contribution in [0.25, 0.3) is 11.3 Å². The lowest BCUT2D eigenvalue weighted by molar-refractivity contribution is -0.0770. The number of aliphatic hydroxyl groups is 1. The number of hydrogen-bond donors (Lipinski definition) is 2. The highest BCUT2D eigenvalue weighted by atomic mass is 19.1. The molecular weight excluding hydrogens is 313 g/mol. The van der Waals surface area contributed by atoms with E-state index in [0.717, 1.165) is 5.69 Å². The predicted octanol–water partition coefficient (Wildman–Crippen LogP) is 2.40. The van der Waals surface area contributed by atoms with Crippen molar-refractivity contribution in [3.63, 3.8) is 0 Å². The van der Waals surface area contributed by atoms with Crippen LogP contribution in [0.4, 0.5) is 16.0 Å². The second kappa shape index (κ2) is 6.73. The molecule has 0 spiro atoms. The number of nitrogens with zero attached hydrogens (tertiary/aromatic N) is 4. The van der Waals surface area contributed by atoms with Gasteiger partial charge in [0.15, 0.2) is 6.29 Å². The van der Waals surface area contributed by atoms with E-state index in [0.29, 0.717) is 22.8 Å². The van der Waals surface area contributed by atoms with E-state index in [1.807, 2.05) is 0 Å². The number of aliphatic hydroxyl groups excluding tert-OH is 1. The van der Waals surface area contributed by atoms with E-state index in [1.54, 1.807) is 48.5 Å². The molecule has 3 rings (SSSR count). The highest BCUT2D eigenvalue weighted by Crippen LogP contribution is 2.25. The minimum Gasteiger partial charge on any atom is -0.364 e. The summed E-state index contributed by atoms with van der Waals surface area (Å²) in [5.74, 6) is -0.171. The Morgan fingerprint density at radius 3 is 2.83 bits per heavy atom. The second-order valence-electron chi connectivity index (χ2n) is 5.12. The van der Waals surface area contributed by atoms with E-state index in [-0.39, 0.29) is 0 Å². The largest absolute Gasteiger partial charge is 0.364 e. The zero-order valence-corrected chi connectivity index (χ0v) is 13.1. The third kappa shape index (κ3) is 3.39. The van der Waals surface area contributed by atoms with E-state index in [1.165, 1.54) is 13.2 Å². The van der Waals surface area contributed by atoms with E-state index < -0.39 is 12.1 Å². The molecular formula is C16H16FN5O2. The van der Waals surface area contributed by atoms with Crippen LogP contribution in [0.15, 0.2) is 42.9 Å². The minimum atomic E-state index is -1.17. The maximum Gasteiger partial charge on any atom is 0.227 e. The van der Waals surface area contributed by atoms with Crippen LogP contribution in [0.3, 0.4) is 0 Å². The Morgan fingerprint density at radius 1 is 1.33 bits per heavy atom. The zero-order chi connectivity index (χ0) is 17.1. The molecule has 0 aliphatic carbocycles. The molecule has 0 saturated carbocycles. The Labute approximate surface area is 137 Å². The summed E-state index contributed by atoms with van der Waals surface area (Å²) in [6.07, 6.45) is 3.79. The summed E-state index contributed by atoms with van der Waals surface area (Å²) in [6, 6.07) is 5.96. The number of anilines is 2. The van der Waals surface area contributed by atoms with Crippen LogP contribution < -0.4 is 5.32 Å². The van der Waals surface area contributed by atoms with Gasteiger partial charge in [0.2, 0.25) is 5.95 Å². The number of aryl methyl sites for hydroxylation is 1. The summed E-state index contributed by atoms with van der Waals surface area (Å²) in [7, 11) is 3.14. The van der Waals surface area contributed by atoms with Crippen molar-refractivity contribution in [3.8, 4) is 11.3 Å². The maximum absolute atomic E-state index is 14.3. The molecule has 0 saturated heterocycles. The Bertz CT molecular complexity index is 852. The summed E-state index contributed by atoms with van der Waals surface area (Å²) in [5, 5.41) is 16.6. The first-order chi connectivity index (χ1) is 11.6. The number of ether oxygens (including phenoxy) is 1. The molecule has 1 aromatic carbocycles. The van der Waals surface area contributed by atoms with Gasteiger partial charge in [-0.2, -0.15) is 5.10 Å². The van der Waals surface area contributed by atoms with Crippen molar-refractivity contribution in [2.75, 3.05) is 12.4 Å². The molecule has 0 aliphatic heterocycles. The van der Waals surface area contributed by atoms with Crippen LogP contribution in [0, 0.1) is 5.82 Å². The van der Waals surface area contributed by atoms with E-state index in [4.69, 9.17) is 4.74 Å². The molecule has 2 N–H and O–H groups in total. The lowest BCUT2D eigenvalue weighted by Gasteiger charge is -2.11. The van der Waals surface area contributed by atoms with Gasteiger partial charge in [-0.15, -0.1) is 0 Å². The average Bonchev–Trinajstić information content (AvgIpc) is 2.99. The van der Waals surface area contributed by atoms with Crippen molar-refractivity contribution in [2.45, 2.75) is 6.29 Å². The SMILES string of the molecule is COC(O)c1ccc(-c2ccnc(Nc3cnn(C)c3)n2)c(F)c1. The molecule has 8 heteroatoms. The van der Waals surface area contributed by atoms with E-state index in [9.17, 15) is 9.50 Å². The molecule has 0 aliphatic rings. The molecule has 124 valence electrons. The zero-order valence-electron chi connectivity index (χ0n) is 13.1. The summed E-state index contributed by atoms with van der Waals surface area (Å²) in [5.41, 5.74) is 1.79.